The highest BCUT2D eigenvalue weighted by Crippen LogP contribution is 2.39. The quantitative estimate of drug-likeness (QED) is 0.511. The van der Waals surface area contributed by atoms with Gasteiger partial charge in [-0.3, -0.25) is 9.59 Å². The molecule has 10 heteroatoms. The fraction of sp³-hybridized carbons (Fsp3) is 0.400. The van der Waals surface area contributed by atoms with Gasteiger partial charge >= 0.3 is 0 Å². The molecule has 0 aliphatic carbocycles. The second kappa shape index (κ2) is 11.2. The van der Waals surface area contributed by atoms with Crippen LogP contribution in [0, 0.1) is 0 Å². The van der Waals surface area contributed by atoms with Gasteiger partial charge in [0.2, 0.25) is 12.7 Å². The van der Waals surface area contributed by atoms with Crippen LogP contribution >= 0.6 is 0 Å². The van der Waals surface area contributed by atoms with E-state index in [-0.39, 0.29) is 44.3 Å². The topological polar surface area (TPSA) is 99.1 Å². The maximum atomic E-state index is 13.5. The third kappa shape index (κ3) is 5.55. The lowest BCUT2D eigenvalue weighted by molar-refractivity contribution is -0.144. The van der Waals surface area contributed by atoms with Crippen molar-refractivity contribution in [3.8, 4) is 17.2 Å². The van der Waals surface area contributed by atoms with Crippen LogP contribution in [-0.4, -0.2) is 81.9 Å². The number of ether oxygens (including phenoxy) is 5. The SMILES string of the molecule is COCCN(CC(=O)N1N=C(c2ccc(OC)cc2)C[C@@H]1c1ccc2c(c1)OCO2)C(=O)COC. The Morgan fingerprint density at radius 2 is 1.83 bits per heavy atom. The molecule has 0 unspecified atom stereocenters. The van der Waals surface area contributed by atoms with Crippen LogP contribution < -0.4 is 14.2 Å². The first-order valence-corrected chi connectivity index (χ1v) is 11.2. The summed E-state index contributed by atoms with van der Waals surface area (Å²) >= 11 is 0. The van der Waals surface area contributed by atoms with Gasteiger partial charge in [0.05, 0.1) is 25.5 Å². The minimum absolute atomic E-state index is 0.122. The normalized spacial score (nSPS) is 16.3. The number of carbonyl (C=O) groups is 2. The average molecular weight is 484 g/mol. The van der Waals surface area contributed by atoms with E-state index in [0.717, 1.165) is 22.6 Å². The first kappa shape index (κ1) is 24.5. The van der Waals surface area contributed by atoms with Crippen LogP contribution in [0.25, 0.3) is 0 Å². The van der Waals surface area contributed by atoms with Gasteiger partial charge in [-0.2, -0.15) is 5.10 Å². The first-order valence-electron chi connectivity index (χ1n) is 11.2. The second-order valence-electron chi connectivity index (χ2n) is 8.09. The van der Waals surface area contributed by atoms with Gasteiger partial charge in [0.1, 0.15) is 18.9 Å². The average Bonchev–Trinajstić information content (AvgIpc) is 3.53. The molecular formula is C25H29N3O7. The molecule has 10 nitrogen and oxygen atoms in total. The van der Waals surface area contributed by atoms with E-state index in [1.807, 2.05) is 42.5 Å². The summed E-state index contributed by atoms with van der Waals surface area (Å²) in [4.78, 5) is 27.4. The largest absolute Gasteiger partial charge is 0.497 e. The molecule has 0 radical (unpaired) electrons. The highest BCUT2D eigenvalue weighted by atomic mass is 16.7. The zero-order chi connectivity index (χ0) is 24.8. The van der Waals surface area contributed by atoms with Crippen LogP contribution in [0.1, 0.15) is 23.6 Å². The molecule has 2 aromatic rings. The number of amides is 2. The van der Waals surface area contributed by atoms with Crippen molar-refractivity contribution in [1.82, 2.24) is 9.91 Å². The van der Waals surface area contributed by atoms with Gasteiger partial charge in [-0.05, 0) is 47.5 Å². The van der Waals surface area contributed by atoms with Crippen molar-refractivity contribution in [2.45, 2.75) is 12.5 Å². The number of hydrazone groups is 1. The molecule has 0 saturated carbocycles. The van der Waals surface area contributed by atoms with Crippen LogP contribution in [0.15, 0.2) is 47.6 Å². The summed E-state index contributed by atoms with van der Waals surface area (Å²) in [5, 5.41) is 6.15. The van der Waals surface area contributed by atoms with Gasteiger partial charge in [0, 0.05) is 27.2 Å². The lowest BCUT2D eigenvalue weighted by Crippen LogP contribution is -2.44. The van der Waals surface area contributed by atoms with E-state index in [0.29, 0.717) is 24.5 Å². The molecule has 2 amide bonds. The van der Waals surface area contributed by atoms with Crippen molar-refractivity contribution in [3.05, 3.63) is 53.6 Å². The predicted molar refractivity (Wildman–Crippen MR) is 127 cm³/mol. The Morgan fingerprint density at radius 1 is 1.06 bits per heavy atom. The highest BCUT2D eigenvalue weighted by Gasteiger charge is 2.35. The zero-order valence-corrected chi connectivity index (χ0v) is 20.1. The molecule has 0 fully saturated rings. The summed E-state index contributed by atoms with van der Waals surface area (Å²) in [6.45, 7) is 0.460. The number of hydrogen-bond acceptors (Lipinski definition) is 8. The third-order valence-electron chi connectivity index (χ3n) is 5.88. The van der Waals surface area contributed by atoms with E-state index in [1.54, 1.807) is 14.2 Å². The minimum atomic E-state index is -0.365. The number of benzene rings is 2. The predicted octanol–water partition coefficient (Wildman–Crippen LogP) is 2.22. The molecule has 35 heavy (non-hydrogen) atoms. The van der Waals surface area contributed by atoms with Gasteiger partial charge < -0.3 is 28.6 Å². The monoisotopic (exact) mass is 483 g/mol. The van der Waals surface area contributed by atoms with Crippen LogP contribution in [0.2, 0.25) is 0 Å². The van der Waals surface area contributed by atoms with Crippen molar-refractivity contribution in [2.75, 3.05) is 54.4 Å². The van der Waals surface area contributed by atoms with Crippen LogP contribution in [0.5, 0.6) is 17.2 Å². The Hall–Kier alpha value is -3.63. The summed E-state index contributed by atoms with van der Waals surface area (Å²) in [6, 6.07) is 12.8. The number of carbonyl (C=O) groups excluding carboxylic acids is 2. The van der Waals surface area contributed by atoms with Crippen molar-refractivity contribution >= 4 is 17.5 Å². The fourth-order valence-corrected chi connectivity index (χ4v) is 4.02. The van der Waals surface area contributed by atoms with Gasteiger partial charge in [-0.1, -0.05) is 6.07 Å². The number of nitrogens with zero attached hydrogens (tertiary/aromatic N) is 3. The highest BCUT2D eigenvalue weighted by molar-refractivity contribution is 6.03. The van der Waals surface area contributed by atoms with Crippen molar-refractivity contribution < 1.29 is 33.3 Å². The van der Waals surface area contributed by atoms with E-state index in [4.69, 9.17) is 28.8 Å². The van der Waals surface area contributed by atoms with Gasteiger partial charge in [-0.15, -0.1) is 0 Å². The third-order valence-corrected chi connectivity index (χ3v) is 5.88. The molecule has 0 aromatic heterocycles. The summed E-state index contributed by atoms with van der Waals surface area (Å²) < 4.78 is 26.3. The zero-order valence-electron chi connectivity index (χ0n) is 20.1. The van der Waals surface area contributed by atoms with Crippen molar-refractivity contribution in [2.24, 2.45) is 5.10 Å². The number of methoxy groups -OCH3 is 3. The second-order valence-corrected chi connectivity index (χ2v) is 8.09. The lowest BCUT2D eigenvalue weighted by atomic mass is 9.98. The molecule has 186 valence electrons. The molecule has 2 aliphatic heterocycles. The Kier molecular flexibility index (Phi) is 7.84. The summed E-state index contributed by atoms with van der Waals surface area (Å²) in [5.74, 6) is 1.42. The van der Waals surface area contributed by atoms with E-state index in [9.17, 15) is 9.59 Å². The molecule has 0 N–H and O–H groups in total. The van der Waals surface area contributed by atoms with Crippen LogP contribution in [0.4, 0.5) is 0 Å². The minimum Gasteiger partial charge on any atom is -0.497 e. The molecular weight excluding hydrogens is 454 g/mol. The molecule has 2 heterocycles. The molecule has 0 bridgehead atoms. The van der Waals surface area contributed by atoms with Gasteiger partial charge in [0.15, 0.2) is 11.5 Å². The standard InChI is InChI=1S/C25H29N3O7/c1-31-11-10-27(25(30)15-32-2)14-24(29)28-21(18-6-9-22-23(12-18)35-16-34-22)13-20(26-28)17-4-7-19(33-3)8-5-17/h4-9,12,21H,10-11,13-16H2,1-3H3/t21-/m1/s1. The fourth-order valence-electron chi connectivity index (χ4n) is 4.02. The first-order chi connectivity index (χ1) is 17.0. The van der Waals surface area contributed by atoms with E-state index >= 15 is 0 Å². The number of rotatable bonds is 10. The Morgan fingerprint density at radius 3 is 2.54 bits per heavy atom. The smallest absolute Gasteiger partial charge is 0.262 e. The maximum Gasteiger partial charge on any atom is 0.262 e. The Balaban J connectivity index is 1.62. The van der Waals surface area contributed by atoms with E-state index < -0.39 is 0 Å². The van der Waals surface area contributed by atoms with E-state index in [1.165, 1.54) is 17.0 Å². The van der Waals surface area contributed by atoms with Crippen molar-refractivity contribution in [3.63, 3.8) is 0 Å². The van der Waals surface area contributed by atoms with Crippen LogP contribution in [-0.2, 0) is 19.1 Å². The van der Waals surface area contributed by atoms with Crippen molar-refractivity contribution in [1.29, 1.82) is 0 Å². The number of hydrogen-bond donors (Lipinski definition) is 0. The lowest BCUT2D eigenvalue weighted by Gasteiger charge is -2.27. The summed E-state index contributed by atoms with van der Waals surface area (Å²) in [6.07, 6.45) is 0.502. The Labute approximate surface area is 203 Å². The molecule has 1 atom stereocenters. The maximum absolute atomic E-state index is 13.5. The van der Waals surface area contributed by atoms with Crippen LogP contribution in [0.3, 0.4) is 0 Å². The molecule has 2 aliphatic rings. The number of fused-ring (bicyclic) bond motifs is 1. The molecule has 2 aromatic carbocycles. The van der Waals surface area contributed by atoms with E-state index in [2.05, 4.69) is 0 Å². The molecule has 0 spiro atoms. The van der Waals surface area contributed by atoms with Gasteiger partial charge in [0.25, 0.3) is 5.91 Å². The Bertz CT molecular complexity index is 1090. The summed E-state index contributed by atoms with van der Waals surface area (Å²) in [7, 11) is 4.59. The molecule has 0 saturated heterocycles. The summed E-state index contributed by atoms with van der Waals surface area (Å²) in [5.41, 5.74) is 2.51. The van der Waals surface area contributed by atoms with Gasteiger partial charge in [-0.25, -0.2) is 5.01 Å². The molecule has 4 rings (SSSR count).